The van der Waals surface area contributed by atoms with Crippen molar-refractivity contribution in [2.75, 3.05) is 5.73 Å². The van der Waals surface area contributed by atoms with Crippen LogP contribution in [0.25, 0.3) is 0 Å². The Bertz CT molecular complexity index is 357. The predicted molar refractivity (Wildman–Crippen MR) is 43.4 cm³/mol. The second kappa shape index (κ2) is 2.83. The van der Waals surface area contributed by atoms with Crippen molar-refractivity contribution in [1.29, 1.82) is 0 Å². The lowest BCUT2D eigenvalue weighted by atomic mass is 10.2. The summed E-state index contributed by atoms with van der Waals surface area (Å²) in [5, 5.41) is 6.95. The van der Waals surface area contributed by atoms with Crippen molar-refractivity contribution in [3.63, 3.8) is 0 Å². The molecule has 0 aromatic carbocycles. The van der Waals surface area contributed by atoms with Crippen LogP contribution in [0.4, 0.5) is 19.0 Å². The van der Waals surface area contributed by atoms with Crippen molar-refractivity contribution in [3.8, 4) is 0 Å². The number of halogens is 3. The molecule has 14 heavy (non-hydrogen) atoms. The Hall–Kier alpha value is -1.33. The number of alkyl halides is 3. The minimum Gasteiger partial charge on any atom is -0.382 e. The highest BCUT2D eigenvalue weighted by Gasteiger charge is 2.36. The standard InChI is InChI=1S/C8H8F3N3/c9-8(10,11)5-3-6(4-1-2-4)13-14-7(5)12/h3-4H,1-2H2,(H2,12,14). The van der Waals surface area contributed by atoms with Crippen LogP contribution in [0.1, 0.15) is 30.0 Å². The summed E-state index contributed by atoms with van der Waals surface area (Å²) in [6.45, 7) is 0. The van der Waals surface area contributed by atoms with Crippen molar-refractivity contribution >= 4 is 5.82 Å². The van der Waals surface area contributed by atoms with E-state index in [0.717, 1.165) is 18.9 Å². The lowest BCUT2D eigenvalue weighted by Crippen LogP contribution is -2.12. The molecule has 1 aliphatic carbocycles. The van der Waals surface area contributed by atoms with E-state index in [1.807, 2.05) is 0 Å². The van der Waals surface area contributed by atoms with Gasteiger partial charge in [-0.1, -0.05) is 0 Å². The number of aromatic nitrogens is 2. The number of nitrogen functional groups attached to an aromatic ring is 1. The van der Waals surface area contributed by atoms with Crippen molar-refractivity contribution in [2.45, 2.75) is 24.9 Å². The third-order valence-corrected chi connectivity index (χ3v) is 2.14. The lowest BCUT2D eigenvalue weighted by Gasteiger charge is -2.09. The second-order valence-corrected chi connectivity index (χ2v) is 3.34. The summed E-state index contributed by atoms with van der Waals surface area (Å²) in [5.41, 5.74) is 4.62. The minimum atomic E-state index is -4.44. The summed E-state index contributed by atoms with van der Waals surface area (Å²) in [4.78, 5) is 0. The van der Waals surface area contributed by atoms with E-state index < -0.39 is 17.6 Å². The van der Waals surface area contributed by atoms with Crippen molar-refractivity contribution in [1.82, 2.24) is 10.2 Å². The third kappa shape index (κ3) is 1.64. The van der Waals surface area contributed by atoms with E-state index in [1.54, 1.807) is 0 Å². The van der Waals surface area contributed by atoms with Crippen molar-refractivity contribution in [3.05, 3.63) is 17.3 Å². The fourth-order valence-corrected chi connectivity index (χ4v) is 1.22. The molecule has 2 N–H and O–H groups in total. The van der Waals surface area contributed by atoms with E-state index in [-0.39, 0.29) is 5.92 Å². The van der Waals surface area contributed by atoms with Crippen molar-refractivity contribution in [2.24, 2.45) is 0 Å². The van der Waals surface area contributed by atoms with E-state index in [4.69, 9.17) is 5.73 Å². The van der Waals surface area contributed by atoms with Gasteiger partial charge in [0.05, 0.1) is 5.69 Å². The number of rotatable bonds is 1. The number of hydrogen-bond acceptors (Lipinski definition) is 3. The molecule has 0 radical (unpaired) electrons. The molecule has 0 saturated heterocycles. The van der Waals surface area contributed by atoms with Gasteiger partial charge in [-0.25, -0.2) is 0 Å². The van der Waals surface area contributed by atoms with Crippen LogP contribution in [0.2, 0.25) is 0 Å². The molecule has 1 fully saturated rings. The summed E-state index contributed by atoms with van der Waals surface area (Å²) in [7, 11) is 0. The number of nitrogens with two attached hydrogens (primary N) is 1. The Morgan fingerprint density at radius 2 is 1.93 bits per heavy atom. The number of nitrogens with zero attached hydrogens (tertiary/aromatic N) is 2. The molecule has 6 heteroatoms. The molecule has 1 aromatic heterocycles. The monoisotopic (exact) mass is 203 g/mol. The topological polar surface area (TPSA) is 51.8 Å². The van der Waals surface area contributed by atoms with Gasteiger partial charge in [-0.05, 0) is 18.9 Å². The molecule has 0 bridgehead atoms. The van der Waals surface area contributed by atoms with E-state index in [1.165, 1.54) is 0 Å². The lowest BCUT2D eigenvalue weighted by molar-refractivity contribution is -0.137. The van der Waals surface area contributed by atoms with Gasteiger partial charge in [-0.15, -0.1) is 5.10 Å². The smallest absolute Gasteiger partial charge is 0.382 e. The highest BCUT2D eigenvalue weighted by Crippen LogP contribution is 2.41. The minimum absolute atomic E-state index is 0.143. The number of anilines is 1. The summed E-state index contributed by atoms with van der Waals surface area (Å²) >= 11 is 0. The first kappa shape index (κ1) is 9.23. The Kier molecular flexibility index (Phi) is 1.87. The largest absolute Gasteiger partial charge is 0.420 e. The summed E-state index contributed by atoms with van der Waals surface area (Å²) in [5.74, 6) is -0.411. The van der Waals surface area contributed by atoms with Gasteiger partial charge < -0.3 is 5.73 Å². The molecule has 0 atom stereocenters. The van der Waals surface area contributed by atoms with Crippen LogP contribution in [-0.4, -0.2) is 10.2 Å². The molecule has 0 spiro atoms. The first-order chi connectivity index (χ1) is 6.48. The highest BCUT2D eigenvalue weighted by atomic mass is 19.4. The normalized spacial score (nSPS) is 17.1. The van der Waals surface area contributed by atoms with Gasteiger partial charge in [0.25, 0.3) is 0 Å². The summed E-state index contributed by atoms with van der Waals surface area (Å²) in [6.07, 6.45) is -2.67. The van der Waals surface area contributed by atoms with Crippen molar-refractivity contribution < 1.29 is 13.2 Å². The van der Waals surface area contributed by atoms with E-state index >= 15 is 0 Å². The van der Waals surface area contributed by atoms with Gasteiger partial charge in [0.1, 0.15) is 5.56 Å². The molecule has 2 rings (SSSR count). The fraction of sp³-hybridized carbons (Fsp3) is 0.500. The van der Waals surface area contributed by atoms with Crippen LogP contribution in [0.15, 0.2) is 6.07 Å². The molecule has 1 heterocycles. The van der Waals surface area contributed by atoms with Gasteiger partial charge in [-0.2, -0.15) is 18.3 Å². The average molecular weight is 203 g/mol. The molecule has 76 valence electrons. The van der Waals surface area contributed by atoms with Crippen LogP contribution in [0, 0.1) is 0 Å². The maximum absolute atomic E-state index is 12.4. The Labute approximate surface area is 78.1 Å². The zero-order valence-electron chi connectivity index (χ0n) is 7.17. The number of hydrogen-bond donors (Lipinski definition) is 1. The van der Waals surface area contributed by atoms with E-state index in [9.17, 15) is 13.2 Å². The molecule has 0 aliphatic heterocycles. The van der Waals surface area contributed by atoms with Gasteiger partial charge >= 0.3 is 6.18 Å². The molecular weight excluding hydrogens is 195 g/mol. The molecule has 1 saturated carbocycles. The Morgan fingerprint density at radius 3 is 2.43 bits per heavy atom. The quantitative estimate of drug-likeness (QED) is 0.758. The average Bonchev–Trinajstić information content (AvgIpc) is 2.85. The fourth-order valence-electron chi connectivity index (χ4n) is 1.22. The van der Waals surface area contributed by atoms with E-state index in [0.29, 0.717) is 5.69 Å². The molecule has 0 amide bonds. The molecule has 0 unspecified atom stereocenters. The van der Waals surface area contributed by atoms with E-state index in [2.05, 4.69) is 10.2 Å². The molecular formula is C8H8F3N3. The maximum atomic E-state index is 12.4. The van der Waals surface area contributed by atoms with Gasteiger partial charge in [-0.3, -0.25) is 0 Å². The highest BCUT2D eigenvalue weighted by molar-refractivity contribution is 5.41. The van der Waals surface area contributed by atoms with Crippen LogP contribution >= 0.6 is 0 Å². The zero-order chi connectivity index (χ0) is 10.3. The van der Waals surface area contributed by atoms with Crippen LogP contribution < -0.4 is 5.73 Å². The third-order valence-electron chi connectivity index (χ3n) is 2.14. The van der Waals surface area contributed by atoms with Gasteiger partial charge in [0.2, 0.25) is 0 Å². The van der Waals surface area contributed by atoms with Gasteiger partial charge in [0.15, 0.2) is 5.82 Å². The Morgan fingerprint density at radius 1 is 1.29 bits per heavy atom. The van der Waals surface area contributed by atoms with Crippen LogP contribution in [0.3, 0.4) is 0 Å². The maximum Gasteiger partial charge on any atom is 0.420 e. The SMILES string of the molecule is Nc1nnc(C2CC2)cc1C(F)(F)F. The first-order valence-corrected chi connectivity index (χ1v) is 4.19. The molecule has 1 aliphatic rings. The van der Waals surface area contributed by atoms with Crippen LogP contribution in [-0.2, 0) is 6.18 Å². The second-order valence-electron chi connectivity index (χ2n) is 3.34. The molecule has 3 nitrogen and oxygen atoms in total. The Balaban J connectivity index is 2.41. The van der Waals surface area contributed by atoms with Gasteiger partial charge in [0, 0.05) is 5.92 Å². The summed E-state index contributed by atoms with van der Waals surface area (Å²) < 4.78 is 37.1. The van der Waals surface area contributed by atoms with Crippen LogP contribution in [0.5, 0.6) is 0 Å². The first-order valence-electron chi connectivity index (χ1n) is 4.19. The zero-order valence-corrected chi connectivity index (χ0v) is 7.17. The predicted octanol–water partition coefficient (Wildman–Crippen LogP) is 1.95. The summed E-state index contributed by atoms with van der Waals surface area (Å²) in [6, 6.07) is 1.00. The molecule has 1 aromatic rings.